The number of imidazole rings is 1. The molecule has 0 bridgehead atoms. The normalized spacial score (nSPS) is 10.8. The summed E-state index contributed by atoms with van der Waals surface area (Å²) in [6.07, 6.45) is 0. The van der Waals surface area contributed by atoms with Gasteiger partial charge in [0.15, 0.2) is 11.5 Å². The number of para-hydroxylation sites is 2. The Hall–Kier alpha value is -3.32. The lowest BCUT2D eigenvalue weighted by atomic mass is 10.2. The molecule has 1 aromatic heterocycles. The van der Waals surface area contributed by atoms with Gasteiger partial charge in [-0.3, -0.25) is 0 Å². The molecule has 0 fully saturated rings. The topological polar surface area (TPSA) is 84.4 Å². The van der Waals surface area contributed by atoms with Crippen molar-refractivity contribution in [2.24, 2.45) is 0 Å². The molecule has 6 nitrogen and oxygen atoms in total. The molecule has 3 aromatic carbocycles. The molecule has 0 radical (unpaired) electrons. The highest BCUT2D eigenvalue weighted by Gasteiger charge is 2.12. The molecule has 0 atom stereocenters. The molecule has 146 valence electrons. The number of aromatic amines is 1. The molecule has 4 rings (SSSR count). The number of carboxylic acids is 1. The highest BCUT2D eigenvalue weighted by molar-refractivity contribution is 9.10. The van der Waals surface area contributed by atoms with Gasteiger partial charge in [0.25, 0.3) is 0 Å². The maximum Gasteiger partial charge on any atom is 0.335 e. The smallest absolute Gasteiger partial charge is 0.335 e. The van der Waals surface area contributed by atoms with Crippen molar-refractivity contribution in [2.45, 2.75) is 13.2 Å². The van der Waals surface area contributed by atoms with E-state index in [0.717, 1.165) is 21.1 Å². The number of ether oxygens (including phenoxy) is 2. The van der Waals surface area contributed by atoms with E-state index in [0.29, 0.717) is 17.3 Å². The molecule has 7 heteroatoms. The predicted octanol–water partition coefficient (Wildman–Crippen LogP) is 5.18. The van der Waals surface area contributed by atoms with Crippen molar-refractivity contribution >= 4 is 32.9 Å². The lowest BCUT2D eigenvalue weighted by molar-refractivity contribution is 0.0696. The first kappa shape index (κ1) is 19.0. The van der Waals surface area contributed by atoms with Crippen molar-refractivity contribution in [3.63, 3.8) is 0 Å². The fraction of sp³-hybridized carbons (Fsp3) is 0.0909. The molecule has 0 saturated carbocycles. The van der Waals surface area contributed by atoms with E-state index in [4.69, 9.17) is 9.47 Å². The van der Waals surface area contributed by atoms with Crippen molar-refractivity contribution in [2.75, 3.05) is 0 Å². The van der Waals surface area contributed by atoms with Crippen LogP contribution in [0.5, 0.6) is 11.5 Å². The second-order valence-electron chi connectivity index (χ2n) is 6.37. The van der Waals surface area contributed by atoms with Crippen molar-refractivity contribution in [1.29, 1.82) is 0 Å². The Morgan fingerprint density at radius 3 is 2.48 bits per heavy atom. The highest BCUT2D eigenvalue weighted by atomic mass is 79.9. The van der Waals surface area contributed by atoms with Crippen LogP contribution in [0.1, 0.15) is 21.7 Å². The minimum absolute atomic E-state index is 0.131. The summed E-state index contributed by atoms with van der Waals surface area (Å²) in [5.74, 6) is 0.464. The molecule has 0 spiro atoms. The van der Waals surface area contributed by atoms with Gasteiger partial charge in [0, 0.05) is 4.47 Å². The van der Waals surface area contributed by atoms with Crippen LogP contribution in [0.25, 0.3) is 11.0 Å². The summed E-state index contributed by atoms with van der Waals surface area (Å²) in [6, 6.07) is 20.0. The number of aromatic nitrogens is 2. The number of carbonyl (C=O) groups is 1. The number of fused-ring (bicyclic) bond motifs is 1. The average molecular weight is 453 g/mol. The van der Waals surface area contributed by atoms with Crippen molar-refractivity contribution in [1.82, 2.24) is 9.97 Å². The maximum absolute atomic E-state index is 11.3. The summed E-state index contributed by atoms with van der Waals surface area (Å²) in [4.78, 5) is 19.0. The highest BCUT2D eigenvalue weighted by Crippen LogP contribution is 2.30. The van der Waals surface area contributed by atoms with Gasteiger partial charge < -0.3 is 19.6 Å². The Morgan fingerprint density at radius 1 is 0.966 bits per heavy atom. The first-order valence-electron chi connectivity index (χ1n) is 8.89. The Bertz CT molecular complexity index is 1120. The van der Waals surface area contributed by atoms with Gasteiger partial charge in [-0.2, -0.15) is 0 Å². The standard InChI is InChI=1S/C22H17BrN2O4/c23-16-8-5-14(6-9-16)12-28-20-11-15(22(26)27)7-10-19(20)29-13-21-24-17-3-1-2-4-18(17)25-21/h1-11H,12-13H2,(H,24,25)(H,26,27). The summed E-state index contributed by atoms with van der Waals surface area (Å²) < 4.78 is 12.7. The lowest BCUT2D eigenvalue weighted by Crippen LogP contribution is -2.04. The number of carboxylic acid groups (broad SMARTS) is 1. The maximum atomic E-state index is 11.3. The molecule has 2 N–H and O–H groups in total. The van der Waals surface area contributed by atoms with Crippen LogP contribution in [-0.2, 0) is 13.2 Å². The van der Waals surface area contributed by atoms with E-state index < -0.39 is 5.97 Å². The minimum atomic E-state index is -1.03. The summed E-state index contributed by atoms with van der Waals surface area (Å²) in [7, 11) is 0. The monoisotopic (exact) mass is 452 g/mol. The van der Waals surface area contributed by atoms with Crippen LogP contribution in [-0.4, -0.2) is 21.0 Å². The minimum Gasteiger partial charge on any atom is -0.485 e. The van der Waals surface area contributed by atoms with Crippen LogP contribution in [0.3, 0.4) is 0 Å². The van der Waals surface area contributed by atoms with Crippen molar-refractivity contribution < 1.29 is 19.4 Å². The number of nitrogens with one attached hydrogen (secondary N) is 1. The third-order valence-electron chi connectivity index (χ3n) is 4.30. The molecule has 1 heterocycles. The molecule has 0 aliphatic carbocycles. The molecule has 4 aromatic rings. The summed E-state index contributed by atoms with van der Waals surface area (Å²) in [6.45, 7) is 0.493. The summed E-state index contributed by atoms with van der Waals surface area (Å²) >= 11 is 3.40. The van der Waals surface area contributed by atoms with E-state index in [-0.39, 0.29) is 18.8 Å². The Labute approximate surface area is 175 Å². The van der Waals surface area contributed by atoms with Gasteiger partial charge in [-0.15, -0.1) is 0 Å². The molecule has 29 heavy (non-hydrogen) atoms. The van der Waals surface area contributed by atoms with E-state index in [1.165, 1.54) is 12.1 Å². The number of benzene rings is 3. The second kappa shape index (κ2) is 8.36. The SMILES string of the molecule is O=C(O)c1ccc(OCc2nc3ccccc3[nH]2)c(OCc2ccc(Br)cc2)c1. The Morgan fingerprint density at radius 2 is 1.72 bits per heavy atom. The Balaban J connectivity index is 1.52. The van der Waals surface area contributed by atoms with Gasteiger partial charge in [0.05, 0.1) is 16.6 Å². The number of hydrogen-bond acceptors (Lipinski definition) is 4. The fourth-order valence-corrected chi connectivity index (χ4v) is 3.10. The van der Waals surface area contributed by atoms with Crippen LogP contribution in [0, 0.1) is 0 Å². The van der Waals surface area contributed by atoms with E-state index in [1.54, 1.807) is 6.07 Å². The van der Waals surface area contributed by atoms with Crippen LogP contribution >= 0.6 is 15.9 Å². The van der Waals surface area contributed by atoms with Gasteiger partial charge in [0.2, 0.25) is 0 Å². The summed E-state index contributed by atoms with van der Waals surface area (Å²) in [5, 5.41) is 9.29. The molecule has 0 amide bonds. The predicted molar refractivity (Wildman–Crippen MR) is 112 cm³/mol. The third kappa shape index (κ3) is 4.57. The average Bonchev–Trinajstić information content (AvgIpc) is 3.15. The van der Waals surface area contributed by atoms with E-state index in [9.17, 15) is 9.90 Å². The number of H-pyrrole nitrogens is 1. The number of hydrogen-bond donors (Lipinski definition) is 2. The number of nitrogens with zero attached hydrogens (tertiary/aromatic N) is 1. The van der Waals surface area contributed by atoms with Crippen LogP contribution in [0.4, 0.5) is 0 Å². The van der Waals surface area contributed by atoms with Gasteiger partial charge in [-0.05, 0) is 48.0 Å². The van der Waals surface area contributed by atoms with Gasteiger partial charge in [-0.25, -0.2) is 9.78 Å². The third-order valence-corrected chi connectivity index (χ3v) is 4.83. The van der Waals surface area contributed by atoms with E-state index in [2.05, 4.69) is 25.9 Å². The van der Waals surface area contributed by atoms with Crippen LogP contribution in [0.15, 0.2) is 71.2 Å². The molecule has 0 saturated heterocycles. The molecule has 0 unspecified atom stereocenters. The van der Waals surface area contributed by atoms with Crippen LogP contribution < -0.4 is 9.47 Å². The number of halogens is 1. The molecular formula is C22H17BrN2O4. The molecule has 0 aliphatic heterocycles. The zero-order chi connectivity index (χ0) is 20.2. The Kier molecular flexibility index (Phi) is 5.48. The second-order valence-corrected chi connectivity index (χ2v) is 7.29. The number of rotatable bonds is 7. The number of aromatic carboxylic acids is 1. The largest absolute Gasteiger partial charge is 0.485 e. The van der Waals surface area contributed by atoms with Crippen LogP contribution in [0.2, 0.25) is 0 Å². The summed E-state index contributed by atoms with van der Waals surface area (Å²) in [5.41, 5.74) is 2.88. The van der Waals surface area contributed by atoms with Gasteiger partial charge in [-0.1, -0.05) is 40.2 Å². The first-order valence-corrected chi connectivity index (χ1v) is 9.69. The molecule has 0 aliphatic rings. The van der Waals surface area contributed by atoms with E-state index >= 15 is 0 Å². The van der Waals surface area contributed by atoms with Crippen molar-refractivity contribution in [3.8, 4) is 11.5 Å². The first-order chi connectivity index (χ1) is 14.1. The van der Waals surface area contributed by atoms with Gasteiger partial charge in [0.1, 0.15) is 19.0 Å². The zero-order valence-electron chi connectivity index (χ0n) is 15.3. The van der Waals surface area contributed by atoms with Crippen molar-refractivity contribution in [3.05, 3.63) is 88.2 Å². The zero-order valence-corrected chi connectivity index (χ0v) is 16.8. The fourth-order valence-electron chi connectivity index (χ4n) is 2.83. The quantitative estimate of drug-likeness (QED) is 0.403. The van der Waals surface area contributed by atoms with Gasteiger partial charge >= 0.3 is 5.97 Å². The van der Waals surface area contributed by atoms with E-state index in [1.807, 2.05) is 48.5 Å². The lowest BCUT2D eigenvalue weighted by Gasteiger charge is -2.13. The molecular weight excluding hydrogens is 436 g/mol.